The highest BCUT2D eigenvalue weighted by atomic mass is 19.4. The number of alkyl halides is 3. The first kappa shape index (κ1) is 19.2. The summed E-state index contributed by atoms with van der Waals surface area (Å²) in [6.07, 6.45) is -4.29. The summed E-state index contributed by atoms with van der Waals surface area (Å²) in [7, 11) is 0. The van der Waals surface area contributed by atoms with Crippen LogP contribution < -0.4 is 10.6 Å². The Balaban J connectivity index is 2.00. The van der Waals surface area contributed by atoms with Crippen LogP contribution in [0.15, 0.2) is 24.3 Å². The lowest BCUT2D eigenvalue weighted by atomic mass is 9.88. The molecule has 1 aromatic carbocycles. The Kier molecular flexibility index (Phi) is 5.41. The van der Waals surface area contributed by atoms with Gasteiger partial charge in [0, 0.05) is 23.8 Å². The molecule has 2 amide bonds. The lowest BCUT2D eigenvalue weighted by Crippen LogP contribution is -2.49. The van der Waals surface area contributed by atoms with Crippen LogP contribution in [0.1, 0.15) is 27.2 Å². The number of hydrogen-bond donors (Lipinski definition) is 2. The second kappa shape index (κ2) is 7.03. The van der Waals surface area contributed by atoms with E-state index in [1.54, 1.807) is 29.2 Å². The Morgan fingerprint density at radius 3 is 2.36 bits per heavy atom. The van der Waals surface area contributed by atoms with Crippen molar-refractivity contribution in [3.63, 3.8) is 0 Å². The third-order valence-electron chi connectivity index (χ3n) is 4.55. The highest BCUT2D eigenvalue weighted by molar-refractivity contribution is 5.94. The largest absolute Gasteiger partial charge is 0.393 e. The van der Waals surface area contributed by atoms with E-state index in [1.807, 2.05) is 0 Å². The monoisotopic (exact) mass is 357 g/mol. The molecule has 2 rings (SSSR count). The molecule has 138 valence electrons. The minimum absolute atomic E-state index is 0.0121. The van der Waals surface area contributed by atoms with Crippen LogP contribution >= 0.6 is 0 Å². The van der Waals surface area contributed by atoms with Gasteiger partial charge >= 0.3 is 6.18 Å². The van der Waals surface area contributed by atoms with E-state index in [2.05, 4.69) is 10.6 Å². The van der Waals surface area contributed by atoms with E-state index in [4.69, 9.17) is 0 Å². The van der Waals surface area contributed by atoms with Crippen molar-refractivity contribution >= 4 is 23.2 Å². The van der Waals surface area contributed by atoms with Gasteiger partial charge in [-0.15, -0.1) is 0 Å². The van der Waals surface area contributed by atoms with Crippen LogP contribution in [0.25, 0.3) is 0 Å². The van der Waals surface area contributed by atoms with Gasteiger partial charge in [0.2, 0.25) is 11.8 Å². The fourth-order valence-electron chi connectivity index (χ4n) is 3.25. The maximum absolute atomic E-state index is 13.1. The first-order valence-corrected chi connectivity index (χ1v) is 7.99. The van der Waals surface area contributed by atoms with E-state index in [1.165, 1.54) is 20.8 Å². The second-order valence-corrected chi connectivity index (χ2v) is 6.77. The van der Waals surface area contributed by atoms with E-state index in [0.29, 0.717) is 11.4 Å². The highest BCUT2D eigenvalue weighted by Crippen LogP contribution is 2.44. The topological polar surface area (TPSA) is 61.4 Å². The van der Waals surface area contributed by atoms with Crippen LogP contribution in [0.2, 0.25) is 0 Å². The van der Waals surface area contributed by atoms with E-state index in [-0.39, 0.29) is 25.4 Å². The molecule has 0 spiro atoms. The maximum Gasteiger partial charge on any atom is 0.393 e. The minimum Gasteiger partial charge on any atom is -0.326 e. The van der Waals surface area contributed by atoms with Gasteiger partial charge in [0.1, 0.15) is 0 Å². The molecule has 1 heterocycles. The SMILES string of the molecule is CC(=O)Nc1cccc(NC(=O)CN2CCC(C(F)(F)F)C2(C)C)c1. The van der Waals surface area contributed by atoms with Crippen LogP contribution in [0.4, 0.5) is 24.5 Å². The number of carbonyl (C=O) groups is 2. The number of amides is 2. The van der Waals surface area contributed by atoms with E-state index in [0.717, 1.165) is 0 Å². The first-order chi connectivity index (χ1) is 11.5. The number of halogens is 3. The Morgan fingerprint density at radius 2 is 1.84 bits per heavy atom. The lowest BCUT2D eigenvalue weighted by Gasteiger charge is -2.36. The molecular weight excluding hydrogens is 335 g/mol. The summed E-state index contributed by atoms with van der Waals surface area (Å²) >= 11 is 0. The van der Waals surface area contributed by atoms with Gasteiger partial charge in [-0.25, -0.2) is 0 Å². The fraction of sp³-hybridized carbons (Fsp3) is 0.529. The number of likely N-dealkylation sites (tertiary alicyclic amines) is 1. The second-order valence-electron chi connectivity index (χ2n) is 6.77. The number of rotatable bonds is 4. The molecule has 0 aliphatic carbocycles. The summed E-state index contributed by atoms with van der Waals surface area (Å²) < 4.78 is 39.3. The lowest BCUT2D eigenvalue weighted by molar-refractivity contribution is -0.191. The minimum atomic E-state index is -4.28. The van der Waals surface area contributed by atoms with Gasteiger partial charge in [-0.2, -0.15) is 13.2 Å². The van der Waals surface area contributed by atoms with Gasteiger partial charge in [0.25, 0.3) is 0 Å². The molecule has 2 N–H and O–H groups in total. The molecule has 1 unspecified atom stereocenters. The summed E-state index contributed by atoms with van der Waals surface area (Å²) in [4.78, 5) is 24.8. The van der Waals surface area contributed by atoms with Gasteiger partial charge in [0.15, 0.2) is 0 Å². The standard InChI is InChI=1S/C17H22F3N3O2/c1-11(24)21-12-5-4-6-13(9-12)22-15(25)10-23-8-7-14(16(23,2)3)17(18,19)20/h4-6,9,14H,7-8,10H2,1-3H3,(H,21,24)(H,22,25). The zero-order chi connectivity index (χ0) is 18.8. The Bertz CT molecular complexity index is 659. The molecule has 0 bridgehead atoms. The number of hydrogen-bond acceptors (Lipinski definition) is 3. The molecule has 1 aliphatic rings. The zero-order valence-electron chi connectivity index (χ0n) is 14.4. The summed E-state index contributed by atoms with van der Waals surface area (Å²) in [5.41, 5.74) is -0.127. The summed E-state index contributed by atoms with van der Waals surface area (Å²) in [5, 5.41) is 5.26. The molecule has 25 heavy (non-hydrogen) atoms. The van der Waals surface area contributed by atoms with Crippen LogP contribution in [0, 0.1) is 5.92 Å². The van der Waals surface area contributed by atoms with E-state index >= 15 is 0 Å². The third kappa shape index (κ3) is 4.72. The van der Waals surface area contributed by atoms with Crippen molar-refractivity contribution in [1.82, 2.24) is 4.90 Å². The molecule has 0 aromatic heterocycles. The fourth-order valence-corrected chi connectivity index (χ4v) is 3.25. The highest BCUT2D eigenvalue weighted by Gasteiger charge is 2.54. The molecule has 0 saturated carbocycles. The zero-order valence-corrected chi connectivity index (χ0v) is 14.4. The number of nitrogens with one attached hydrogen (secondary N) is 2. The Labute approximate surface area is 144 Å². The van der Waals surface area contributed by atoms with Crippen LogP contribution in [-0.2, 0) is 9.59 Å². The van der Waals surface area contributed by atoms with Crippen LogP contribution in [0.5, 0.6) is 0 Å². The molecule has 1 aromatic rings. The number of benzene rings is 1. The van der Waals surface area contributed by atoms with E-state index < -0.39 is 23.5 Å². The molecular formula is C17H22F3N3O2. The molecule has 1 fully saturated rings. The summed E-state index contributed by atoms with van der Waals surface area (Å²) in [6.45, 7) is 4.50. The molecule has 8 heteroatoms. The van der Waals surface area contributed by atoms with Crippen molar-refractivity contribution in [3.8, 4) is 0 Å². The van der Waals surface area contributed by atoms with Crippen molar-refractivity contribution < 1.29 is 22.8 Å². The predicted molar refractivity (Wildman–Crippen MR) is 89.2 cm³/mol. The Hall–Kier alpha value is -2.09. The number of nitrogens with zero attached hydrogens (tertiary/aromatic N) is 1. The summed E-state index contributed by atoms with van der Waals surface area (Å²) in [6, 6.07) is 6.58. The quantitative estimate of drug-likeness (QED) is 0.870. The van der Waals surface area contributed by atoms with Crippen molar-refractivity contribution in [2.24, 2.45) is 5.92 Å². The number of carbonyl (C=O) groups excluding carboxylic acids is 2. The van der Waals surface area contributed by atoms with Crippen LogP contribution in [0.3, 0.4) is 0 Å². The van der Waals surface area contributed by atoms with Gasteiger partial charge in [-0.3, -0.25) is 14.5 Å². The average molecular weight is 357 g/mol. The Morgan fingerprint density at radius 1 is 1.24 bits per heavy atom. The molecule has 5 nitrogen and oxygen atoms in total. The molecule has 0 radical (unpaired) electrons. The van der Waals surface area contributed by atoms with Gasteiger partial charge in [0.05, 0.1) is 12.5 Å². The van der Waals surface area contributed by atoms with E-state index in [9.17, 15) is 22.8 Å². The predicted octanol–water partition coefficient (Wildman–Crippen LogP) is 3.25. The van der Waals surface area contributed by atoms with Gasteiger partial charge < -0.3 is 10.6 Å². The third-order valence-corrected chi connectivity index (χ3v) is 4.55. The molecule has 1 aliphatic heterocycles. The first-order valence-electron chi connectivity index (χ1n) is 7.99. The van der Waals surface area contributed by atoms with Gasteiger partial charge in [-0.1, -0.05) is 6.07 Å². The summed E-state index contributed by atoms with van der Waals surface area (Å²) in [5.74, 6) is -2.08. The van der Waals surface area contributed by atoms with Crippen molar-refractivity contribution in [1.29, 1.82) is 0 Å². The maximum atomic E-state index is 13.1. The van der Waals surface area contributed by atoms with Crippen molar-refractivity contribution in [3.05, 3.63) is 24.3 Å². The van der Waals surface area contributed by atoms with Crippen molar-refractivity contribution in [2.75, 3.05) is 23.7 Å². The molecule has 1 atom stereocenters. The average Bonchev–Trinajstić information content (AvgIpc) is 2.73. The smallest absolute Gasteiger partial charge is 0.326 e. The molecule has 1 saturated heterocycles. The normalized spacial score (nSPS) is 20.3. The van der Waals surface area contributed by atoms with Crippen LogP contribution in [-0.4, -0.2) is 41.5 Å². The number of anilines is 2. The van der Waals surface area contributed by atoms with Gasteiger partial charge in [-0.05, 0) is 45.0 Å². The van der Waals surface area contributed by atoms with Crippen molar-refractivity contribution in [2.45, 2.75) is 38.9 Å².